The lowest BCUT2D eigenvalue weighted by Crippen LogP contribution is -2.44. The standard InChI is InChI=1S/C16H25N3/c1-9-14(8-17)16(18-19(9)2)15-12-4-10-3-11(6-12)7-13(15)5-10/h10-13,15H,3-8,17H2,1-2H3. The lowest BCUT2D eigenvalue weighted by atomic mass is 9.51. The number of aromatic nitrogens is 2. The van der Waals surface area contributed by atoms with E-state index in [4.69, 9.17) is 10.8 Å². The van der Waals surface area contributed by atoms with E-state index in [9.17, 15) is 0 Å². The van der Waals surface area contributed by atoms with Crippen molar-refractivity contribution < 1.29 is 0 Å². The maximum absolute atomic E-state index is 6.00. The van der Waals surface area contributed by atoms with Crippen molar-refractivity contribution in [3.63, 3.8) is 0 Å². The highest BCUT2D eigenvalue weighted by Crippen LogP contribution is 2.59. The van der Waals surface area contributed by atoms with Crippen molar-refractivity contribution in [1.29, 1.82) is 0 Å². The van der Waals surface area contributed by atoms with Crippen molar-refractivity contribution in [3.8, 4) is 0 Å². The van der Waals surface area contributed by atoms with Crippen LogP contribution in [0.1, 0.15) is 55.0 Å². The molecule has 0 amide bonds. The van der Waals surface area contributed by atoms with E-state index in [2.05, 4.69) is 14.0 Å². The van der Waals surface area contributed by atoms with Crippen molar-refractivity contribution in [3.05, 3.63) is 17.0 Å². The summed E-state index contributed by atoms with van der Waals surface area (Å²) in [6, 6.07) is 0. The lowest BCUT2D eigenvalue weighted by molar-refractivity contribution is -0.00457. The Bertz CT molecular complexity index is 474. The Labute approximate surface area is 115 Å². The molecule has 0 aromatic carbocycles. The molecule has 4 aliphatic carbocycles. The molecule has 2 N–H and O–H groups in total. The highest BCUT2D eigenvalue weighted by molar-refractivity contribution is 5.30. The molecule has 3 nitrogen and oxygen atoms in total. The first-order valence-electron chi connectivity index (χ1n) is 7.89. The molecule has 0 unspecified atom stereocenters. The molecular formula is C16H25N3. The van der Waals surface area contributed by atoms with E-state index in [1.807, 2.05) is 4.68 Å². The summed E-state index contributed by atoms with van der Waals surface area (Å²) in [5.74, 6) is 4.58. The summed E-state index contributed by atoms with van der Waals surface area (Å²) in [6.07, 6.45) is 7.34. The number of aryl methyl sites for hydroxylation is 1. The molecule has 19 heavy (non-hydrogen) atoms. The fraction of sp³-hybridized carbons (Fsp3) is 0.812. The van der Waals surface area contributed by atoms with Gasteiger partial charge < -0.3 is 5.73 Å². The second-order valence-electron chi connectivity index (χ2n) is 7.23. The zero-order chi connectivity index (χ0) is 13.1. The number of nitrogens with zero attached hydrogens (tertiary/aromatic N) is 2. The normalized spacial score (nSPS) is 40.1. The first kappa shape index (κ1) is 12.0. The van der Waals surface area contributed by atoms with E-state index in [-0.39, 0.29) is 0 Å². The maximum Gasteiger partial charge on any atom is 0.0708 e. The number of rotatable bonds is 2. The van der Waals surface area contributed by atoms with Gasteiger partial charge in [-0.3, -0.25) is 4.68 Å². The predicted molar refractivity (Wildman–Crippen MR) is 75.6 cm³/mol. The molecule has 1 heterocycles. The zero-order valence-corrected chi connectivity index (χ0v) is 12.1. The van der Waals surface area contributed by atoms with Crippen molar-refractivity contribution in [2.24, 2.45) is 36.5 Å². The van der Waals surface area contributed by atoms with Crippen LogP contribution in [0.5, 0.6) is 0 Å². The highest BCUT2D eigenvalue weighted by Gasteiger charge is 2.49. The van der Waals surface area contributed by atoms with Crippen LogP contribution in [0.2, 0.25) is 0 Å². The van der Waals surface area contributed by atoms with Crippen molar-refractivity contribution in [2.75, 3.05) is 0 Å². The van der Waals surface area contributed by atoms with Gasteiger partial charge in [-0.1, -0.05) is 0 Å². The molecule has 104 valence electrons. The second kappa shape index (κ2) is 4.08. The topological polar surface area (TPSA) is 43.8 Å². The van der Waals surface area contributed by atoms with Gasteiger partial charge in [-0.15, -0.1) is 0 Å². The Kier molecular flexibility index (Phi) is 2.57. The minimum Gasteiger partial charge on any atom is -0.326 e. The van der Waals surface area contributed by atoms with Gasteiger partial charge in [0.1, 0.15) is 0 Å². The third-order valence-electron chi connectivity index (χ3n) is 6.24. The van der Waals surface area contributed by atoms with Gasteiger partial charge >= 0.3 is 0 Å². The van der Waals surface area contributed by atoms with Crippen LogP contribution in [0.15, 0.2) is 0 Å². The molecule has 4 aliphatic rings. The smallest absolute Gasteiger partial charge is 0.0708 e. The van der Waals surface area contributed by atoms with E-state index < -0.39 is 0 Å². The molecule has 0 spiro atoms. The molecule has 5 rings (SSSR count). The zero-order valence-electron chi connectivity index (χ0n) is 12.1. The third-order valence-corrected chi connectivity index (χ3v) is 6.24. The van der Waals surface area contributed by atoms with Crippen LogP contribution in [0, 0.1) is 30.6 Å². The number of hydrogen-bond acceptors (Lipinski definition) is 2. The van der Waals surface area contributed by atoms with Gasteiger partial charge in [0, 0.05) is 30.8 Å². The summed E-state index contributed by atoms with van der Waals surface area (Å²) in [6.45, 7) is 2.81. The average Bonchev–Trinajstić information content (AvgIpc) is 2.64. The Balaban J connectivity index is 1.75. The molecular weight excluding hydrogens is 234 g/mol. The van der Waals surface area contributed by atoms with Crippen molar-refractivity contribution >= 4 is 0 Å². The van der Waals surface area contributed by atoms with Gasteiger partial charge in [-0.2, -0.15) is 5.10 Å². The SMILES string of the molecule is Cc1c(CN)c(C2C3CC4CC(C3)CC2C4)nn1C. The molecule has 4 fully saturated rings. The average molecular weight is 259 g/mol. The van der Waals surface area contributed by atoms with Crippen LogP contribution < -0.4 is 5.73 Å². The van der Waals surface area contributed by atoms with E-state index in [1.165, 1.54) is 49.1 Å². The first-order valence-corrected chi connectivity index (χ1v) is 7.89. The van der Waals surface area contributed by atoms with E-state index >= 15 is 0 Å². The summed E-state index contributed by atoms with van der Waals surface area (Å²) in [5.41, 5.74) is 9.97. The number of nitrogens with two attached hydrogens (primary N) is 1. The Morgan fingerprint density at radius 3 is 2.21 bits per heavy atom. The Morgan fingerprint density at radius 2 is 1.68 bits per heavy atom. The second-order valence-corrected chi connectivity index (χ2v) is 7.23. The van der Waals surface area contributed by atoms with Gasteiger partial charge in [-0.25, -0.2) is 0 Å². The van der Waals surface area contributed by atoms with Gasteiger partial charge in [0.25, 0.3) is 0 Å². The molecule has 0 aliphatic heterocycles. The molecule has 4 saturated carbocycles. The van der Waals surface area contributed by atoms with E-state index in [0.29, 0.717) is 12.5 Å². The van der Waals surface area contributed by atoms with Crippen LogP contribution in [0.25, 0.3) is 0 Å². The highest BCUT2D eigenvalue weighted by atomic mass is 15.3. The molecule has 0 radical (unpaired) electrons. The largest absolute Gasteiger partial charge is 0.326 e. The lowest BCUT2D eigenvalue weighted by Gasteiger charge is -2.54. The Morgan fingerprint density at radius 1 is 1.11 bits per heavy atom. The molecule has 3 heteroatoms. The predicted octanol–water partition coefficient (Wildman–Crippen LogP) is 2.73. The Hall–Kier alpha value is -0.830. The van der Waals surface area contributed by atoms with Crippen molar-refractivity contribution in [1.82, 2.24) is 9.78 Å². The summed E-state index contributed by atoms with van der Waals surface area (Å²) in [7, 11) is 2.06. The van der Waals surface area contributed by atoms with Crippen LogP contribution in [-0.2, 0) is 13.6 Å². The maximum atomic E-state index is 6.00. The van der Waals surface area contributed by atoms with Crippen LogP contribution in [0.4, 0.5) is 0 Å². The first-order chi connectivity index (χ1) is 9.17. The van der Waals surface area contributed by atoms with Crippen LogP contribution >= 0.6 is 0 Å². The minimum absolute atomic E-state index is 0.651. The van der Waals surface area contributed by atoms with E-state index in [1.54, 1.807) is 0 Å². The van der Waals surface area contributed by atoms with Gasteiger partial charge in [0.05, 0.1) is 5.69 Å². The molecule has 0 atom stereocenters. The minimum atomic E-state index is 0.651. The molecule has 1 aromatic rings. The third kappa shape index (κ3) is 1.63. The fourth-order valence-corrected chi connectivity index (χ4v) is 5.57. The molecule has 1 aromatic heterocycles. The summed E-state index contributed by atoms with van der Waals surface area (Å²) >= 11 is 0. The summed E-state index contributed by atoms with van der Waals surface area (Å²) < 4.78 is 2.04. The van der Waals surface area contributed by atoms with Crippen LogP contribution in [0.3, 0.4) is 0 Å². The quantitative estimate of drug-likeness (QED) is 0.887. The molecule has 0 saturated heterocycles. The van der Waals surface area contributed by atoms with Gasteiger partial charge in [0.2, 0.25) is 0 Å². The fourth-order valence-electron chi connectivity index (χ4n) is 5.57. The van der Waals surface area contributed by atoms with E-state index in [0.717, 1.165) is 23.7 Å². The monoisotopic (exact) mass is 259 g/mol. The van der Waals surface area contributed by atoms with Crippen molar-refractivity contribution in [2.45, 2.75) is 51.5 Å². The molecule has 4 bridgehead atoms. The van der Waals surface area contributed by atoms with Gasteiger partial charge in [-0.05, 0) is 62.7 Å². The van der Waals surface area contributed by atoms with Crippen LogP contribution in [-0.4, -0.2) is 9.78 Å². The summed E-state index contributed by atoms with van der Waals surface area (Å²) in [4.78, 5) is 0. The van der Waals surface area contributed by atoms with Gasteiger partial charge in [0.15, 0.2) is 0 Å². The summed E-state index contributed by atoms with van der Waals surface area (Å²) in [5, 5.41) is 4.86. The number of hydrogen-bond donors (Lipinski definition) is 1.